The van der Waals surface area contributed by atoms with Gasteiger partial charge in [-0.15, -0.1) is 23.2 Å². The molecule has 0 bridgehead atoms. The second kappa shape index (κ2) is 5.07. The van der Waals surface area contributed by atoms with Gasteiger partial charge in [-0.05, 0) is 0 Å². The molecule has 0 saturated heterocycles. The van der Waals surface area contributed by atoms with E-state index in [1.807, 2.05) is 0 Å². The second-order valence-electron chi connectivity index (χ2n) is 3.35. The minimum absolute atomic E-state index is 0.454. The van der Waals surface area contributed by atoms with Crippen molar-refractivity contribution in [3.05, 3.63) is 10.1 Å². The minimum Gasteiger partial charge on any atom is -0.386 e. The largest absolute Gasteiger partial charge is 0.386 e. The lowest BCUT2D eigenvalue weighted by atomic mass is 9.99. The molecule has 1 aliphatic rings. The highest BCUT2D eigenvalue weighted by Gasteiger charge is 2.74. The van der Waals surface area contributed by atoms with Crippen LogP contribution in [0.15, 0.2) is 10.1 Å². The smallest absolute Gasteiger partial charge is 0.182 e. The molecule has 0 aromatic rings. The van der Waals surface area contributed by atoms with E-state index in [4.69, 9.17) is 92.8 Å². The molecule has 0 unspecified atom stereocenters. The normalized spacial score (nSPS) is 35.5. The highest BCUT2D eigenvalue weighted by molar-refractivity contribution is 6.62. The van der Waals surface area contributed by atoms with E-state index < -0.39 is 35.3 Å². The van der Waals surface area contributed by atoms with Gasteiger partial charge in [-0.25, -0.2) is 0 Å². The average Bonchev–Trinajstić information content (AvgIpc) is 2.23. The van der Waals surface area contributed by atoms with Gasteiger partial charge in [-0.2, -0.15) is 0 Å². The molecular weight excluding hydrogens is 400 g/mol. The minimum atomic E-state index is -2.40. The molecule has 2 atom stereocenters. The standard InChI is InChI=1S/C7H4Cl8O2/c8-2(9)1-5(17,4(10)11)7(14,15)3(16)6(1,12)13/h3-4,16-17H/t3-,5-/m0/s1. The summed E-state index contributed by atoms with van der Waals surface area (Å²) in [4.78, 5) is -1.57. The first-order chi connectivity index (χ1) is 7.41. The molecular formula is C7H4Cl8O2. The third kappa shape index (κ3) is 2.27. The number of hydrogen-bond donors (Lipinski definition) is 2. The van der Waals surface area contributed by atoms with Gasteiger partial charge in [0.2, 0.25) is 0 Å². The van der Waals surface area contributed by atoms with Crippen LogP contribution >= 0.6 is 92.8 Å². The Morgan fingerprint density at radius 2 is 1.53 bits per heavy atom. The summed E-state index contributed by atoms with van der Waals surface area (Å²) in [5, 5.41) is 20.2. The van der Waals surface area contributed by atoms with E-state index in [2.05, 4.69) is 0 Å². The highest BCUT2D eigenvalue weighted by atomic mass is 35.5. The fourth-order valence-electron chi connectivity index (χ4n) is 1.52. The first kappa shape index (κ1) is 17.0. The van der Waals surface area contributed by atoms with Crippen molar-refractivity contribution in [3.8, 4) is 0 Å². The molecule has 10 heteroatoms. The lowest BCUT2D eigenvalue weighted by Gasteiger charge is -2.35. The Morgan fingerprint density at radius 1 is 1.12 bits per heavy atom. The summed E-state index contributed by atoms with van der Waals surface area (Å²) in [5.74, 6) is 0. The SMILES string of the molecule is O[C@H]1C(Cl)(Cl)C(=C(Cl)Cl)[C@](O)(C(Cl)Cl)C1(Cl)Cl. The Hall–Kier alpha value is 1.98. The van der Waals surface area contributed by atoms with Crippen LogP contribution in [0.25, 0.3) is 0 Å². The van der Waals surface area contributed by atoms with Crippen LogP contribution in [0.5, 0.6) is 0 Å². The van der Waals surface area contributed by atoms with Crippen LogP contribution in [0.1, 0.15) is 0 Å². The highest BCUT2D eigenvalue weighted by Crippen LogP contribution is 2.63. The van der Waals surface area contributed by atoms with Gasteiger partial charge in [-0.1, -0.05) is 69.6 Å². The lowest BCUT2D eigenvalue weighted by molar-refractivity contribution is 0.0554. The van der Waals surface area contributed by atoms with Crippen molar-refractivity contribution in [2.45, 2.75) is 25.2 Å². The molecule has 2 N–H and O–H groups in total. The van der Waals surface area contributed by atoms with Crippen molar-refractivity contribution in [2.24, 2.45) is 0 Å². The van der Waals surface area contributed by atoms with Crippen LogP contribution in [0.4, 0.5) is 0 Å². The van der Waals surface area contributed by atoms with Gasteiger partial charge >= 0.3 is 0 Å². The van der Waals surface area contributed by atoms with Gasteiger partial charge in [0.25, 0.3) is 0 Å². The summed E-state index contributed by atoms with van der Waals surface area (Å²) in [6.45, 7) is 0. The zero-order chi connectivity index (χ0) is 13.8. The van der Waals surface area contributed by atoms with Gasteiger partial charge < -0.3 is 10.2 Å². The van der Waals surface area contributed by atoms with Crippen LogP contribution in [0, 0.1) is 0 Å². The van der Waals surface area contributed by atoms with Crippen molar-refractivity contribution >= 4 is 92.8 Å². The molecule has 0 radical (unpaired) electrons. The van der Waals surface area contributed by atoms with Crippen molar-refractivity contribution in [1.29, 1.82) is 0 Å². The van der Waals surface area contributed by atoms with Crippen LogP contribution in [-0.2, 0) is 0 Å². The quantitative estimate of drug-likeness (QED) is 0.651. The molecule has 0 spiro atoms. The fourth-order valence-corrected chi connectivity index (χ4v) is 4.85. The summed E-state index contributed by atoms with van der Waals surface area (Å²) >= 11 is 45.6. The van der Waals surface area contributed by atoms with E-state index in [1.165, 1.54) is 0 Å². The second-order valence-corrected chi connectivity index (χ2v) is 8.17. The van der Waals surface area contributed by atoms with E-state index in [0.717, 1.165) is 0 Å². The molecule has 1 rings (SSSR count). The molecule has 1 saturated carbocycles. The predicted molar refractivity (Wildman–Crippen MR) is 74.1 cm³/mol. The first-order valence-corrected chi connectivity index (χ1v) is 7.06. The fraction of sp³-hybridized carbons (Fsp3) is 0.714. The van der Waals surface area contributed by atoms with Crippen molar-refractivity contribution in [3.63, 3.8) is 0 Å². The Bertz CT molecular complexity index is 361. The molecule has 17 heavy (non-hydrogen) atoms. The Morgan fingerprint density at radius 3 is 1.76 bits per heavy atom. The van der Waals surface area contributed by atoms with Crippen LogP contribution in [0.2, 0.25) is 0 Å². The summed E-state index contributed by atoms with van der Waals surface area (Å²) in [7, 11) is 0. The maximum Gasteiger partial charge on any atom is 0.182 e. The van der Waals surface area contributed by atoms with Crippen LogP contribution in [-0.4, -0.2) is 35.4 Å². The third-order valence-electron chi connectivity index (χ3n) is 2.41. The number of rotatable bonds is 1. The predicted octanol–water partition coefficient (Wildman–Crippen LogP) is 3.93. The van der Waals surface area contributed by atoms with Gasteiger partial charge in [0.1, 0.15) is 15.4 Å². The summed E-state index contributed by atoms with van der Waals surface area (Å²) < 4.78 is -4.94. The van der Waals surface area contributed by atoms with Gasteiger partial charge in [0, 0.05) is 5.57 Å². The zero-order valence-corrected chi connectivity index (χ0v) is 13.6. The summed E-state index contributed by atoms with van der Waals surface area (Å²) in [6.07, 6.45) is -1.81. The maximum atomic E-state index is 10.3. The third-order valence-corrected chi connectivity index (χ3v) is 5.20. The molecule has 0 aliphatic heterocycles. The topological polar surface area (TPSA) is 40.5 Å². The first-order valence-electron chi connectivity index (χ1n) is 3.92. The summed E-state index contributed by atoms with van der Waals surface area (Å²) in [5.41, 5.74) is -2.86. The van der Waals surface area contributed by atoms with Crippen LogP contribution < -0.4 is 0 Å². The van der Waals surface area contributed by atoms with Gasteiger partial charge in [0.15, 0.2) is 14.3 Å². The maximum absolute atomic E-state index is 10.3. The lowest BCUT2D eigenvalue weighted by Crippen LogP contribution is -2.52. The van der Waals surface area contributed by atoms with E-state index >= 15 is 0 Å². The number of halogens is 8. The number of alkyl halides is 6. The molecule has 1 fully saturated rings. The molecule has 100 valence electrons. The molecule has 0 amide bonds. The van der Waals surface area contributed by atoms with E-state index in [0.29, 0.717) is 0 Å². The average molecular weight is 404 g/mol. The van der Waals surface area contributed by atoms with Crippen LogP contribution in [0.3, 0.4) is 0 Å². The van der Waals surface area contributed by atoms with E-state index in [1.54, 1.807) is 0 Å². The van der Waals surface area contributed by atoms with Gasteiger partial charge in [-0.3, -0.25) is 0 Å². The number of aliphatic hydroxyl groups is 2. The summed E-state index contributed by atoms with van der Waals surface area (Å²) in [6, 6.07) is 0. The van der Waals surface area contributed by atoms with E-state index in [-0.39, 0.29) is 0 Å². The Balaban J connectivity index is 3.62. The van der Waals surface area contributed by atoms with Crippen molar-refractivity contribution < 1.29 is 10.2 Å². The Kier molecular flexibility index (Phi) is 5.08. The zero-order valence-electron chi connectivity index (χ0n) is 7.57. The molecule has 0 heterocycles. The van der Waals surface area contributed by atoms with Crippen molar-refractivity contribution in [2.75, 3.05) is 0 Å². The molecule has 2 nitrogen and oxygen atoms in total. The van der Waals surface area contributed by atoms with Gasteiger partial charge in [0.05, 0.1) is 0 Å². The van der Waals surface area contributed by atoms with E-state index in [9.17, 15) is 10.2 Å². The number of aliphatic hydroxyl groups excluding tert-OH is 1. The monoisotopic (exact) mass is 400 g/mol. The molecule has 0 aromatic carbocycles. The van der Waals surface area contributed by atoms with Crippen molar-refractivity contribution in [1.82, 2.24) is 0 Å². The molecule has 0 aromatic heterocycles. The number of hydrogen-bond acceptors (Lipinski definition) is 2. The Labute approximate surface area is 137 Å². The molecule has 1 aliphatic carbocycles.